The van der Waals surface area contributed by atoms with Crippen LogP contribution in [0.25, 0.3) is 5.69 Å². The Morgan fingerprint density at radius 1 is 0.444 bits per heavy atom. The number of benzene rings is 3. The molecule has 126 valence electrons. The topological polar surface area (TPSA) is 4.93 Å². The normalized spacial score (nSPS) is 9.63. The van der Waals surface area contributed by atoms with Crippen molar-refractivity contribution >= 4 is 0 Å². The highest BCUT2D eigenvalue weighted by Gasteiger charge is 2.07. The molecule has 1 nitrogen and oxygen atoms in total. The van der Waals surface area contributed by atoms with Crippen LogP contribution in [0.15, 0.2) is 103 Å². The van der Waals surface area contributed by atoms with Crippen LogP contribution in [0.2, 0.25) is 0 Å². The van der Waals surface area contributed by atoms with Crippen LogP contribution in [0.1, 0.15) is 22.3 Å². The summed E-state index contributed by atoms with van der Waals surface area (Å²) in [5, 5.41) is 0. The molecule has 4 rings (SSSR count). The average Bonchev–Trinajstić information content (AvgIpc) is 3.26. The second-order valence-corrected chi connectivity index (χ2v) is 6.02. The fraction of sp³-hybridized carbons (Fsp3) is 0. The van der Waals surface area contributed by atoms with E-state index in [1.165, 1.54) is 0 Å². The van der Waals surface area contributed by atoms with E-state index in [0.717, 1.165) is 27.9 Å². The molecule has 4 aromatic rings. The lowest BCUT2D eigenvalue weighted by Crippen LogP contribution is -1.98. The van der Waals surface area contributed by atoms with Crippen molar-refractivity contribution < 1.29 is 0 Å². The average molecular weight is 343 g/mol. The zero-order valence-corrected chi connectivity index (χ0v) is 14.8. The predicted octanol–water partition coefficient (Wildman–Crippen LogP) is 5.28. The zero-order chi connectivity index (χ0) is 18.3. The second kappa shape index (κ2) is 7.96. The molecule has 1 heterocycles. The molecule has 0 atom stereocenters. The number of aromatic nitrogens is 1. The van der Waals surface area contributed by atoms with Crippen LogP contribution < -0.4 is 0 Å². The van der Waals surface area contributed by atoms with Gasteiger partial charge in [-0.25, -0.2) is 0 Å². The van der Waals surface area contributed by atoms with Crippen molar-refractivity contribution in [2.75, 3.05) is 0 Å². The van der Waals surface area contributed by atoms with Crippen LogP contribution in [0.5, 0.6) is 0 Å². The van der Waals surface area contributed by atoms with E-state index in [-0.39, 0.29) is 0 Å². The summed E-state index contributed by atoms with van der Waals surface area (Å²) in [5.74, 6) is 13.1. The zero-order valence-electron chi connectivity index (χ0n) is 14.8. The number of nitrogens with zero attached hydrogens (tertiary/aromatic N) is 1. The molecule has 0 fully saturated rings. The van der Waals surface area contributed by atoms with E-state index >= 15 is 0 Å². The fourth-order valence-electron chi connectivity index (χ4n) is 2.83. The summed E-state index contributed by atoms with van der Waals surface area (Å²) >= 11 is 0. The van der Waals surface area contributed by atoms with Crippen LogP contribution in [0, 0.1) is 23.7 Å². The summed E-state index contributed by atoms with van der Waals surface area (Å²) in [7, 11) is 0. The minimum atomic E-state index is 0.954. The third kappa shape index (κ3) is 4.01. The maximum atomic E-state index is 3.32. The molecule has 0 N–H and O–H groups in total. The summed E-state index contributed by atoms with van der Waals surface area (Å²) in [5.41, 5.74) is 4.91. The van der Waals surface area contributed by atoms with Gasteiger partial charge in [-0.3, -0.25) is 0 Å². The highest BCUT2D eigenvalue weighted by molar-refractivity contribution is 5.63. The van der Waals surface area contributed by atoms with E-state index in [2.05, 4.69) is 28.2 Å². The van der Waals surface area contributed by atoms with Crippen LogP contribution in [0.3, 0.4) is 0 Å². The predicted molar refractivity (Wildman–Crippen MR) is 111 cm³/mol. The van der Waals surface area contributed by atoms with Gasteiger partial charge in [-0.1, -0.05) is 66.1 Å². The van der Waals surface area contributed by atoms with Gasteiger partial charge in [0, 0.05) is 23.5 Å². The number of rotatable bonds is 1. The number of para-hydroxylation sites is 1. The largest absolute Gasteiger partial charge is 0.322 e. The van der Waals surface area contributed by atoms with Crippen molar-refractivity contribution in [1.82, 2.24) is 4.57 Å². The molecule has 0 aliphatic rings. The number of hydrogen-bond acceptors (Lipinski definition) is 0. The standard InChI is InChI=1S/C26H17N/c1-3-10-22(11-4-1)16-18-24-14-9-15-25(26(24)27-20-7-8-21-27)19-17-23-12-5-2-6-13-23/h1-15,20-21H. The Hall–Kier alpha value is -3.94. The molecule has 3 aromatic carbocycles. The lowest BCUT2D eigenvalue weighted by Gasteiger charge is -2.09. The minimum Gasteiger partial charge on any atom is -0.322 e. The SMILES string of the molecule is C(#Cc1cccc(C#Cc2ccccc2)c1-n1cccc1)c1ccccc1. The van der Waals surface area contributed by atoms with Crippen LogP contribution in [0.4, 0.5) is 0 Å². The Bertz CT molecular complexity index is 1070. The Kier molecular flexibility index (Phi) is 4.87. The molecule has 1 aromatic heterocycles. The second-order valence-electron chi connectivity index (χ2n) is 6.02. The van der Waals surface area contributed by atoms with Crippen LogP contribution in [-0.2, 0) is 0 Å². The Morgan fingerprint density at radius 2 is 0.926 bits per heavy atom. The lowest BCUT2D eigenvalue weighted by atomic mass is 10.1. The van der Waals surface area contributed by atoms with Crippen molar-refractivity contribution in [3.63, 3.8) is 0 Å². The summed E-state index contributed by atoms with van der Waals surface area (Å²) in [4.78, 5) is 0. The van der Waals surface area contributed by atoms with Crippen molar-refractivity contribution in [2.24, 2.45) is 0 Å². The van der Waals surface area contributed by atoms with Crippen molar-refractivity contribution in [2.45, 2.75) is 0 Å². The molecule has 0 spiro atoms. The Morgan fingerprint density at radius 3 is 1.41 bits per heavy atom. The van der Waals surface area contributed by atoms with E-state index in [1.54, 1.807) is 0 Å². The van der Waals surface area contributed by atoms with Gasteiger partial charge >= 0.3 is 0 Å². The van der Waals surface area contributed by atoms with E-state index < -0.39 is 0 Å². The molecule has 0 saturated heterocycles. The smallest absolute Gasteiger partial charge is 0.0765 e. The van der Waals surface area contributed by atoms with E-state index in [9.17, 15) is 0 Å². The molecular formula is C26H17N. The van der Waals surface area contributed by atoms with Gasteiger partial charge in [0.15, 0.2) is 0 Å². The first-order valence-corrected chi connectivity index (χ1v) is 8.81. The van der Waals surface area contributed by atoms with E-state index in [4.69, 9.17) is 0 Å². The summed E-state index contributed by atoms with van der Waals surface area (Å²) < 4.78 is 2.07. The quantitative estimate of drug-likeness (QED) is 0.415. The molecule has 0 bridgehead atoms. The first-order chi connectivity index (χ1) is 13.4. The molecule has 0 aliphatic heterocycles. The van der Waals surface area contributed by atoms with Gasteiger partial charge in [-0.15, -0.1) is 0 Å². The fourth-order valence-corrected chi connectivity index (χ4v) is 2.83. The van der Waals surface area contributed by atoms with Gasteiger partial charge in [0.25, 0.3) is 0 Å². The molecule has 0 radical (unpaired) electrons. The van der Waals surface area contributed by atoms with Gasteiger partial charge in [0.2, 0.25) is 0 Å². The van der Waals surface area contributed by atoms with Crippen molar-refractivity contribution in [1.29, 1.82) is 0 Å². The molecule has 0 aliphatic carbocycles. The van der Waals surface area contributed by atoms with Crippen molar-refractivity contribution in [3.8, 4) is 29.4 Å². The van der Waals surface area contributed by atoms with Crippen molar-refractivity contribution in [3.05, 3.63) is 126 Å². The first-order valence-electron chi connectivity index (χ1n) is 8.81. The molecular weight excluding hydrogens is 326 g/mol. The van der Waals surface area contributed by atoms with E-state index in [0.29, 0.717) is 0 Å². The summed E-state index contributed by atoms with van der Waals surface area (Å²) in [6, 6.07) is 30.2. The first kappa shape index (κ1) is 16.5. The highest BCUT2D eigenvalue weighted by atomic mass is 14.9. The van der Waals surface area contributed by atoms with Gasteiger partial charge in [0.05, 0.1) is 16.8 Å². The van der Waals surface area contributed by atoms with Crippen LogP contribution >= 0.6 is 0 Å². The molecule has 0 unspecified atom stereocenters. The maximum absolute atomic E-state index is 3.32. The molecule has 0 saturated carbocycles. The number of hydrogen-bond donors (Lipinski definition) is 0. The van der Waals surface area contributed by atoms with E-state index in [1.807, 2.05) is 103 Å². The highest BCUT2D eigenvalue weighted by Crippen LogP contribution is 2.19. The van der Waals surface area contributed by atoms with Gasteiger partial charge in [-0.2, -0.15) is 0 Å². The minimum absolute atomic E-state index is 0.954. The third-order valence-electron chi connectivity index (χ3n) is 4.13. The Balaban J connectivity index is 1.81. The molecule has 0 amide bonds. The third-order valence-corrected chi connectivity index (χ3v) is 4.13. The molecule has 1 heteroatoms. The Labute approximate surface area is 159 Å². The van der Waals surface area contributed by atoms with Gasteiger partial charge < -0.3 is 4.57 Å². The van der Waals surface area contributed by atoms with Gasteiger partial charge in [-0.05, 0) is 48.5 Å². The summed E-state index contributed by atoms with van der Waals surface area (Å²) in [6.07, 6.45) is 4.05. The monoisotopic (exact) mass is 343 g/mol. The van der Waals surface area contributed by atoms with Gasteiger partial charge in [0.1, 0.15) is 0 Å². The molecule has 27 heavy (non-hydrogen) atoms. The van der Waals surface area contributed by atoms with Crippen LogP contribution in [-0.4, -0.2) is 4.57 Å². The summed E-state index contributed by atoms with van der Waals surface area (Å²) in [6.45, 7) is 0. The lowest BCUT2D eigenvalue weighted by molar-refractivity contribution is 1.07. The maximum Gasteiger partial charge on any atom is 0.0765 e.